The molecule has 0 bridgehead atoms. The Hall–Kier alpha value is -1.20. The summed E-state index contributed by atoms with van der Waals surface area (Å²) in [5.74, 6) is 0. The fourth-order valence-corrected chi connectivity index (χ4v) is 3.77. The highest BCUT2D eigenvalue weighted by Crippen LogP contribution is 2.24. The molecule has 3 rings (SSSR count). The average molecular weight is 302 g/mol. The molecule has 112 valence electrons. The van der Waals surface area contributed by atoms with Gasteiger partial charge in [-0.3, -0.25) is 4.90 Å². The summed E-state index contributed by atoms with van der Waals surface area (Å²) in [5, 5.41) is 12.5. The molecule has 1 aromatic carbocycles. The highest BCUT2D eigenvalue weighted by Gasteiger charge is 2.22. The molecule has 0 radical (unpaired) electrons. The molecule has 0 spiro atoms. The van der Waals surface area contributed by atoms with Gasteiger partial charge in [-0.2, -0.15) is 0 Å². The Kier molecular flexibility index (Phi) is 4.70. The van der Waals surface area contributed by atoms with Gasteiger partial charge in [-0.25, -0.2) is 0 Å². The monoisotopic (exact) mass is 302 g/mol. The lowest BCUT2D eigenvalue weighted by Crippen LogP contribution is -2.45. The standard InChI is InChI=1S/C17H22N2OS/c18-15(10-13-4-2-1-3-5-13)16(20)12-19-8-6-17-14(11-19)7-9-21-17/h1-5,7,9,15-16,20H,6,8,10-12,18H2. The summed E-state index contributed by atoms with van der Waals surface area (Å²) in [6.45, 7) is 2.61. The molecular weight excluding hydrogens is 280 g/mol. The third-order valence-corrected chi connectivity index (χ3v) is 5.16. The van der Waals surface area contributed by atoms with Gasteiger partial charge in [-0.15, -0.1) is 11.3 Å². The number of β-amino-alcohol motifs (C(OH)–C–C–N with tert-alkyl or cyclic N) is 1. The van der Waals surface area contributed by atoms with Gasteiger partial charge in [0.2, 0.25) is 0 Å². The van der Waals surface area contributed by atoms with Gasteiger partial charge < -0.3 is 10.8 Å². The molecule has 3 nitrogen and oxygen atoms in total. The molecule has 2 atom stereocenters. The lowest BCUT2D eigenvalue weighted by atomic mass is 10.0. The molecule has 2 unspecified atom stereocenters. The second-order valence-corrected chi connectivity index (χ2v) is 6.78. The van der Waals surface area contributed by atoms with E-state index in [2.05, 4.69) is 28.5 Å². The van der Waals surface area contributed by atoms with Crippen molar-refractivity contribution in [1.29, 1.82) is 0 Å². The van der Waals surface area contributed by atoms with Gasteiger partial charge in [0, 0.05) is 30.6 Å². The number of aliphatic hydroxyl groups is 1. The summed E-state index contributed by atoms with van der Waals surface area (Å²) in [7, 11) is 0. The molecule has 0 saturated carbocycles. The predicted octanol–water partition coefficient (Wildman–Crippen LogP) is 2.04. The van der Waals surface area contributed by atoms with Gasteiger partial charge in [0.15, 0.2) is 0 Å². The molecule has 1 aliphatic heterocycles. The van der Waals surface area contributed by atoms with Gasteiger partial charge in [0.1, 0.15) is 0 Å². The molecule has 0 aliphatic carbocycles. The molecule has 1 aromatic heterocycles. The minimum absolute atomic E-state index is 0.212. The zero-order chi connectivity index (χ0) is 14.7. The van der Waals surface area contributed by atoms with E-state index in [4.69, 9.17) is 5.73 Å². The molecule has 0 fully saturated rings. The zero-order valence-corrected chi connectivity index (χ0v) is 12.9. The molecule has 3 N–H and O–H groups in total. The maximum Gasteiger partial charge on any atom is 0.0821 e. The molecule has 21 heavy (non-hydrogen) atoms. The Bertz CT molecular complexity index is 569. The van der Waals surface area contributed by atoms with Crippen molar-refractivity contribution in [2.75, 3.05) is 13.1 Å². The Morgan fingerprint density at radius 3 is 2.86 bits per heavy atom. The van der Waals surface area contributed by atoms with Crippen molar-refractivity contribution in [3.05, 3.63) is 57.8 Å². The van der Waals surface area contributed by atoms with Crippen LogP contribution in [0.25, 0.3) is 0 Å². The number of rotatable bonds is 5. The third kappa shape index (κ3) is 3.71. The van der Waals surface area contributed by atoms with Crippen molar-refractivity contribution in [3.63, 3.8) is 0 Å². The van der Waals surface area contributed by atoms with E-state index in [1.165, 1.54) is 16.0 Å². The van der Waals surface area contributed by atoms with Gasteiger partial charge in [0.05, 0.1) is 6.10 Å². The van der Waals surface area contributed by atoms with Crippen LogP contribution < -0.4 is 5.73 Å². The molecule has 2 aromatic rings. The number of nitrogens with two attached hydrogens (primary N) is 1. The van der Waals surface area contributed by atoms with E-state index in [9.17, 15) is 5.11 Å². The summed E-state index contributed by atoms with van der Waals surface area (Å²) in [6, 6.07) is 12.1. The van der Waals surface area contributed by atoms with E-state index in [-0.39, 0.29) is 6.04 Å². The van der Waals surface area contributed by atoms with Crippen LogP contribution in [0.2, 0.25) is 0 Å². The number of benzene rings is 1. The van der Waals surface area contributed by atoms with Crippen LogP contribution in [0.3, 0.4) is 0 Å². The van der Waals surface area contributed by atoms with Crippen molar-refractivity contribution >= 4 is 11.3 Å². The highest BCUT2D eigenvalue weighted by molar-refractivity contribution is 7.10. The van der Waals surface area contributed by atoms with E-state index in [0.29, 0.717) is 6.54 Å². The van der Waals surface area contributed by atoms with Crippen LogP contribution in [0.5, 0.6) is 0 Å². The summed E-state index contributed by atoms with van der Waals surface area (Å²) in [6.07, 6.45) is 1.33. The SMILES string of the molecule is NC(Cc1ccccc1)C(O)CN1CCc2sccc2C1. The van der Waals surface area contributed by atoms with E-state index in [1.807, 2.05) is 29.5 Å². The first-order valence-corrected chi connectivity index (χ1v) is 8.35. The van der Waals surface area contributed by atoms with Gasteiger partial charge in [0.25, 0.3) is 0 Å². The smallest absolute Gasteiger partial charge is 0.0821 e. The Labute approximate surface area is 130 Å². The van der Waals surface area contributed by atoms with Crippen molar-refractivity contribution in [1.82, 2.24) is 4.90 Å². The van der Waals surface area contributed by atoms with E-state index < -0.39 is 6.10 Å². The molecule has 0 amide bonds. The van der Waals surface area contributed by atoms with Gasteiger partial charge >= 0.3 is 0 Å². The molecule has 1 aliphatic rings. The number of hydrogen-bond donors (Lipinski definition) is 2. The van der Waals surface area contributed by atoms with Gasteiger partial charge in [-0.1, -0.05) is 30.3 Å². The lowest BCUT2D eigenvalue weighted by Gasteiger charge is -2.30. The number of thiophene rings is 1. The van der Waals surface area contributed by atoms with Crippen LogP contribution in [-0.4, -0.2) is 35.2 Å². The maximum absolute atomic E-state index is 10.4. The largest absolute Gasteiger partial charge is 0.390 e. The minimum atomic E-state index is -0.481. The number of hydrogen-bond acceptors (Lipinski definition) is 4. The average Bonchev–Trinajstić information content (AvgIpc) is 2.95. The van der Waals surface area contributed by atoms with Crippen LogP contribution in [0, 0.1) is 0 Å². The predicted molar refractivity (Wildman–Crippen MR) is 87.4 cm³/mol. The Balaban J connectivity index is 1.53. The molecular formula is C17H22N2OS. The van der Waals surface area contributed by atoms with Crippen molar-refractivity contribution in [2.24, 2.45) is 5.73 Å². The molecule has 4 heteroatoms. The second-order valence-electron chi connectivity index (χ2n) is 5.78. The molecule has 0 saturated heterocycles. The third-order valence-electron chi connectivity index (χ3n) is 4.14. The van der Waals surface area contributed by atoms with Crippen LogP contribution in [0.4, 0.5) is 0 Å². The topological polar surface area (TPSA) is 49.5 Å². The summed E-state index contributed by atoms with van der Waals surface area (Å²) in [4.78, 5) is 3.80. The van der Waals surface area contributed by atoms with Crippen LogP contribution in [0.15, 0.2) is 41.8 Å². The first-order valence-electron chi connectivity index (χ1n) is 7.47. The normalized spacial score (nSPS) is 18.2. The zero-order valence-electron chi connectivity index (χ0n) is 12.1. The fourth-order valence-electron chi connectivity index (χ4n) is 2.88. The lowest BCUT2D eigenvalue weighted by molar-refractivity contribution is 0.0853. The van der Waals surface area contributed by atoms with Crippen molar-refractivity contribution < 1.29 is 5.11 Å². The second kappa shape index (κ2) is 6.71. The van der Waals surface area contributed by atoms with E-state index in [1.54, 1.807) is 0 Å². The Morgan fingerprint density at radius 1 is 1.24 bits per heavy atom. The minimum Gasteiger partial charge on any atom is -0.390 e. The quantitative estimate of drug-likeness (QED) is 0.888. The van der Waals surface area contributed by atoms with Crippen molar-refractivity contribution in [2.45, 2.75) is 31.5 Å². The number of fused-ring (bicyclic) bond motifs is 1. The first-order chi connectivity index (χ1) is 10.2. The highest BCUT2D eigenvalue weighted by atomic mass is 32.1. The molecule has 2 heterocycles. The summed E-state index contributed by atoms with van der Waals surface area (Å²) < 4.78 is 0. The van der Waals surface area contributed by atoms with Crippen molar-refractivity contribution in [3.8, 4) is 0 Å². The van der Waals surface area contributed by atoms with Crippen LogP contribution >= 0.6 is 11.3 Å². The van der Waals surface area contributed by atoms with Crippen LogP contribution in [-0.2, 0) is 19.4 Å². The number of aliphatic hydroxyl groups excluding tert-OH is 1. The van der Waals surface area contributed by atoms with Gasteiger partial charge in [-0.05, 0) is 35.4 Å². The van der Waals surface area contributed by atoms with E-state index in [0.717, 1.165) is 25.9 Å². The number of nitrogens with zero attached hydrogens (tertiary/aromatic N) is 1. The first kappa shape index (κ1) is 14.7. The van der Waals surface area contributed by atoms with E-state index >= 15 is 0 Å². The summed E-state index contributed by atoms with van der Waals surface area (Å²) >= 11 is 1.84. The van der Waals surface area contributed by atoms with Crippen LogP contribution in [0.1, 0.15) is 16.0 Å². The maximum atomic E-state index is 10.4. The Morgan fingerprint density at radius 2 is 2.05 bits per heavy atom. The fraction of sp³-hybridized carbons (Fsp3) is 0.412. The summed E-state index contributed by atoms with van der Waals surface area (Å²) in [5.41, 5.74) is 8.76.